The van der Waals surface area contributed by atoms with Gasteiger partial charge in [0.15, 0.2) is 0 Å². The molecule has 1 aliphatic heterocycles. The zero-order valence-corrected chi connectivity index (χ0v) is 21.2. The van der Waals surface area contributed by atoms with Crippen molar-refractivity contribution in [2.45, 2.75) is 43.9 Å². The smallest absolute Gasteiger partial charge is 0.382 e. The Labute approximate surface area is 228 Å². The van der Waals surface area contributed by atoms with Crippen LogP contribution in [0.15, 0.2) is 54.5 Å². The summed E-state index contributed by atoms with van der Waals surface area (Å²) in [6.07, 6.45) is 0.711. The summed E-state index contributed by atoms with van der Waals surface area (Å²) < 4.78 is 64.1. The summed E-state index contributed by atoms with van der Waals surface area (Å²) in [4.78, 5) is 4.27. The van der Waals surface area contributed by atoms with E-state index in [0.717, 1.165) is 12.8 Å². The van der Waals surface area contributed by atoms with Gasteiger partial charge in [0, 0.05) is 36.1 Å². The fraction of sp³-hybridized carbons (Fsp3) is 0.333. The fourth-order valence-electron chi connectivity index (χ4n) is 4.64. The van der Waals surface area contributed by atoms with Crippen molar-refractivity contribution in [2.24, 2.45) is 5.41 Å². The molecule has 3 aliphatic rings. The zero-order valence-electron chi connectivity index (χ0n) is 21.5. The van der Waals surface area contributed by atoms with Gasteiger partial charge < -0.3 is 16.1 Å². The van der Waals surface area contributed by atoms with Crippen molar-refractivity contribution in [2.75, 3.05) is 17.2 Å². The molecule has 202 valence electrons. The van der Waals surface area contributed by atoms with Crippen LogP contribution in [0, 0.1) is 22.6 Å². The van der Waals surface area contributed by atoms with Crippen molar-refractivity contribution in [3.63, 3.8) is 0 Å². The molecule has 0 saturated heterocycles. The van der Waals surface area contributed by atoms with Crippen LogP contribution in [0.2, 0.25) is 5.02 Å². The largest absolute Gasteiger partial charge is 0.396 e. The third kappa shape index (κ3) is 4.90. The van der Waals surface area contributed by atoms with Gasteiger partial charge in [-0.3, -0.25) is 9.99 Å². The summed E-state index contributed by atoms with van der Waals surface area (Å²) in [7, 11) is 0. The van der Waals surface area contributed by atoms with Gasteiger partial charge in [0.25, 0.3) is 0 Å². The topological polar surface area (TPSA) is 88.0 Å². The van der Waals surface area contributed by atoms with Gasteiger partial charge in [-0.05, 0) is 55.5 Å². The fourth-order valence-corrected chi connectivity index (χ4v) is 4.90. The summed E-state index contributed by atoms with van der Waals surface area (Å²) in [6.45, 7) is -0.392. The van der Waals surface area contributed by atoms with Crippen molar-refractivity contribution in [3.05, 3.63) is 76.5 Å². The maximum Gasteiger partial charge on any atom is 0.396 e. The molecule has 2 aliphatic carbocycles. The second-order valence-corrected chi connectivity index (χ2v) is 10.5. The Morgan fingerprint density at radius 2 is 2.00 bits per heavy atom. The lowest BCUT2D eigenvalue weighted by molar-refractivity contribution is -0.182. The van der Waals surface area contributed by atoms with Crippen LogP contribution in [-0.4, -0.2) is 28.8 Å². The summed E-state index contributed by atoms with van der Waals surface area (Å²) in [5.74, 6) is -0.455. The number of nitrogens with zero attached hydrogens (tertiary/aromatic N) is 3. The quantitative estimate of drug-likeness (QED) is 0.247. The minimum Gasteiger partial charge on any atom is -0.382 e. The molecule has 0 spiro atoms. The number of pyridine rings is 1. The third-order valence-corrected chi connectivity index (χ3v) is 7.59. The number of hydrazine groups is 2. The van der Waals surface area contributed by atoms with E-state index in [1.54, 1.807) is 18.3 Å². The van der Waals surface area contributed by atoms with E-state index in [1.807, 2.05) is 11.1 Å². The van der Waals surface area contributed by atoms with Crippen molar-refractivity contribution >= 4 is 33.9 Å². The van der Waals surface area contributed by atoms with Gasteiger partial charge in [-0.15, -0.1) is 5.53 Å². The van der Waals surface area contributed by atoms with E-state index < -0.39 is 30.0 Å². The summed E-state index contributed by atoms with van der Waals surface area (Å²) >= 11 is 6.58. The van der Waals surface area contributed by atoms with Crippen LogP contribution in [-0.2, 0) is 0 Å². The molecule has 12 heteroatoms. The molecule has 3 aromatic rings. The third-order valence-electron chi connectivity index (χ3n) is 7.30. The first-order valence-electron chi connectivity index (χ1n) is 12.9. The van der Waals surface area contributed by atoms with Crippen LogP contribution in [0.3, 0.4) is 0 Å². The van der Waals surface area contributed by atoms with E-state index in [1.165, 1.54) is 30.5 Å². The monoisotopic (exact) mass is 558 g/mol. The Balaban J connectivity index is 1.41. The molecule has 2 saturated carbocycles. The molecule has 2 fully saturated rings. The lowest BCUT2D eigenvalue weighted by atomic mass is 10.0. The van der Waals surface area contributed by atoms with Crippen molar-refractivity contribution in [1.82, 2.24) is 21.0 Å². The number of anilines is 2. The van der Waals surface area contributed by atoms with E-state index in [9.17, 15) is 24.2 Å². The molecule has 2 heterocycles. The van der Waals surface area contributed by atoms with Crippen LogP contribution in [0.4, 0.5) is 28.9 Å². The Morgan fingerprint density at radius 3 is 2.64 bits per heavy atom. The average molecular weight is 559 g/mol. The molecular weight excluding hydrogens is 534 g/mol. The number of fused-ring (bicyclic) bond motifs is 1. The zero-order chi connectivity index (χ0) is 28.3. The number of hydrogen-bond donors (Lipinski definition) is 4. The highest BCUT2D eigenvalue weighted by atomic mass is 35.5. The predicted molar refractivity (Wildman–Crippen MR) is 140 cm³/mol. The maximum absolute atomic E-state index is 13.8. The number of alkyl halides is 3. The normalized spacial score (nSPS) is 19.9. The van der Waals surface area contributed by atoms with Gasteiger partial charge in [-0.25, -0.2) is 4.39 Å². The van der Waals surface area contributed by atoms with E-state index in [4.69, 9.17) is 11.6 Å². The molecule has 0 radical (unpaired) electrons. The molecule has 39 heavy (non-hydrogen) atoms. The SMILES string of the molecule is [2H][C@@](Nc1cc(Cl)c2ncc(C#N)c(NCC3(C(F)(F)F)CC3)c2c1)(C1=CN(C2CC2)NN1)c1ccc(F)cc1. The van der Waals surface area contributed by atoms with E-state index in [0.29, 0.717) is 33.9 Å². The van der Waals surface area contributed by atoms with Gasteiger partial charge in [-0.1, -0.05) is 23.7 Å². The highest BCUT2D eigenvalue weighted by Gasteiger charge is 2.62. The van der Waals surface area contributed by atoms with Crippen molar-refractivity contribution in [3.8, 4) is 6.07 Å². The number of nitriles is 1. The van der Waals surface area contributed by atoms with Crippen molar-refractivity contribution in [1.29, 1.82) is 5.26 Å². The van der Waals surface area contributed by atoms with Crippen LogP contribution < -0.4 is 21.6 Å². The van der Waals surface area contributed by atoms with Gasteiger partial charge in [0.05, 0.1) is 40.3 Å². The molecule has 6 rings (SSSR count). The molecule has 4 N–H and O–H groups in total. The van der Waals surface area contributed by atoms with Crippen LogP contribution in [0.1, 0.15) is 44.2 Å². The van der Waals surface area contributed by atoms with Gasteiger partial charge in [0.1, 0.15) is 11.9 Å². The van der Waals surface area contributed by atoms with E-state index >= 15 is 0 Å². The first-order chi connectivity index (χ1) is 19.0. The molecular formula is C27H24ClF4N7. The molecule has 0 bridgehead atoms. The van der Waals surface area contributed by atoms with Gasteiger partial charge in [0.2, 0.25) is 0 Å². The van der Waals surface area contributed by atoms with Crippen LogP contribution >= 0.6 is 11.6 Å². The van der Waals surface area contributed by atoms with Crippen LogP contribution in [0.5, 0.6) is 0 Å². The maximum atomic E-state index is 13.8. The number of aromatic nitrogens is 1. The number of halogens is 5. The van der Waals surface area contributed by atoms with Crippen LogP contribution in [0.25, 0.3) is 10.9 Å². The summed E-state index contributed by atoms with van der Waals surface area (Å²) in [5.41, 5.74) is 5.98. The van der Waals surface area contributed by atoms with E-state index in [2.05, 4.69) is 26.6 Å². The lowest BCUT2D eigenvalue weighted by Crippen LogP contribution is -2.38. The Kier molecular flexibility index (Phi) is 5.90. The van der Waals surface area contributed by atoms with Gasteiger partial charge in [-0.2, -0.15) is 18.4 Å². The second-order valence-electron chi connectivity index (χ2n) is 10.1. The number of nitrogens with one attached hydrogen (secondary N) is 4. The molecule has 7 nitrogen and oxygen atoms in total. The van der Waals surface area contributed by atoms with Crippen molar-refractivity contribution < 1.29 is 18.9 Å². The first-order valence-corrected chi connectivity index (χ1v) is 12.8. The molecule has 1 atom stereocenters. The van der Waals surface area contributed by atoms with Gasteiger partial charge >= 0.3 is 6.18 Å². The molecule has 0 amide bonds. The summed E-state index contributed by atoms with van der Waals surface area (Å²) in [6, 6.07) is 9.30. The predicted octanol–water partition coefficient (Wildman–Crippen LogP) is 6.14. The standard InChI is InChI=1S/C27H24ClF4N7/c28-21-10-18(36-24(15-1-3-17(29)4-2-15)22-13-39(38-37-22)19-5-6-19)9-20-23(16(11-33)12-34-25(20)21)35-14-26(7-8-26)27(30,31)32/h1-4,9-10,12-13,19,24,36-38H,5-8,14H2,(H,34,35)/t24-/m0/s1/i24D. The lowest BCUT2D eigenvalue weighted by Gasteiger charge is -2.23. The number of rotatable bonds is 8. The Morgan fingerprint density at radius 1 is 1.26 bits per heavy atom. The minimum atomic E-state index is -4.37. The first kappa shape index (κ1) is 24.3. The highest BCUT2D eigenvalue weighted by molar-refractivity contribution is 6.35. The number of hydrogen-bond acceptors (Lipinski definition) is 7. The average Bonchev–Trinajstić information content (AvgIpc) is 3.85. The second kappa shape index (κ2) is 9.47. The van der Waals surface area contributed by atoms with E-state index in [-0.39, 0.29) is 29.1 Å². The Hall–Kier alpha value is -3.75. The number of benzene rings is 2. The molecule has 1 aromatic heterocycles. The summed E-state index contributed by atoms with van der Waals surface area (Å²) in [5, 5.41) is 18.1. The highest BCUT2D eigenvalue weighted by Crippen LogP contribution is 2.57. The Bertz CT molecular complexity index is 1550. The molecule has 0 unspecified atom stereocenters. The molecule has 2 aromatic carbocycles. The minimum absolute atomic E-state index is 0.00895.